The van der Waals surface area contributed by atoms with Crippen LogP contribution in [-0.4, -0.2) is 27.7 Å². The number of unbranched alkanes of at least 4 members (excludes halogenated alkanes) is 1. The first-order chi connectivity index (χ1) is 13.3. The van der Waals surface area contributed by atoms with Crippen LogP contribution in [-0.2, 0) is 5.75 Å². The van der Waals surface area contributed by atoms with E-state index in [2.05, 4.69) is 34.4 Å². The fourth-order valence-electron chi connectivity index (χ4n) is 2.39. The molecule has 3 aromatic rings. The van der Waals surface area contributed by atoms with Crippen molar-refractivity contribution < 1.29 is 4.74 Å². The summed E-state index contributed by atoms with van der Waals surface area (Å²) in [5.41, 5.74) is 2.25. The van der Waals surface area contributed by atoms with Crippen molar-refractivity contribution >= 4 is 18.0 Å². The zero-order valence-corrected chi connectivity index (χ0v) is 16.5. The summed E-state index contributed by atoms with van der Waals surface area (Å²) in [6.07, 6.45) is 4.02. The summed E-state index contributed by atoms with van der Waals surface area (Å²) < 4.78 is 7.47. The molecule has 0 aliphatic heterocycles. The molecule has 0 aliphatic rings. The molecule has 3 rings (SSSR count). The van der Waals surface area contributed by atoms with Crippen LogP contribution < -0.4 is 4.74 Å². The van der Waals surface area contributed by atoms with Crippen molar-refractivity contribution in [3.05, 3.63) is 71.5 Å². The molecule has 6 heteroatoms. The number of aromatic nitrogens is 3. The number of nitrogens with zero attached hydrogens (tertiary/aromatic N) is 4. The monoisotopic (exact) mass is 380 g/mol. The Morgan fingerprint density at radius 2 is 1.85 bits per heavy atom. The van der Waals surface area contributed by atoms with Gasteiger partial charge in [-0.2, -0.15) is 9.78 Å². The van der Waals surface area contributed by atoms with Gasteiger partial charge >= 0.3 is 0 Å². The Labute approximate surface area is 164 Å². The third kappa shape index (κ3) is 5.69. The fraction of sp³-hybridized carbons (Fsp3) is 0.286. The van der Waals surface area contributed by atoms with Crippen LogP contribution in [0.3, 0.4) is 0 Å². The molecule has 0 spiro atoms. The molecule has 0 N–H and O–H groups in total. The Bertz CT molecular complexity index is 860. The van der Waals surface area contributed by atoms with Gasteiger partial charge in [0.1, 0.15) is 5.75 Å². The summed E-state index contributed by atoms with van der Waals surface area (Å²) in [4.78, 5) is 0. The van der Waals surface area contributed by atoms with Gasteiger partial charge < -0.3 is 4.74 Å². The molecule has 27 heavy (non-hydrogen) atoms. The third-order valence-corrected chi connectivity index (χ3v) is 4.94. The van der Waals surface area contributed by atoms with E-state index in [-0.39, 0.29) is 0 Å². The molecule has 0 unspecified atom stereocenters. The van der Waals surface area contributed by atoms with Crippen LogP contribution in [0.4, 0.5) is 0 Å². The van der Waals surface area contributed by atoms with Gasteiger partial charge in [0.05, 0.1) is 12.8 Å². The van der Waals surface area contributed by atoms with E-state index in [0.29, 0.717) is 0 Å². The van der Waals surface area contributed by atoms with Gasteiger partial charge in [-0.3, -0.25) is 0 Å². The maximum atomic E-state index is 5.69. The molecule has 5 nitrogen and oxygen atoms in total. The van der Waals surface area contributed by atoms with Crippen LogP contribution in [0.2, 0.25) is 0 Å². The number of ether oxygens (including phenoxy) is 1. The number of aryl methyl sites for hydroxylation is 1. The Morgan fingerprint density at radius 1 is 1.07 bits per heavy atom. The largest absolute Gasteiger partial charge is 0.494 e. The summed E-state index contributed by atoms with van der Waals surface area (Å²) in [5.74, 6) is 2.49. The number of hydrogen-bond donors (Lipinski definition) is 0. The number of benzene rings is 2. The Kier molecular flexibility index (Phi) is 7.04. The maximum Gasteiger partial charge on any atom is 0.212 e. The average molecular weight is 381 g/mol. The lowest BCUT2D eigenvalue weighted by Gasteiger charge is -2.05. The minimum absolute atomic E-state index is 0.756. The number of rotatable bonds is 9. The molecule has 0 amide bonds. The average Bonchev–Trinajstić information content (AvgIpc) is 3.06. The van der Waals surface area contributed by atoms with E-state index < -0.39 is 0 Å². The van der Waals surface area contributed by atoms with E-state index in [1.165, 1.54) is 5.56 Å². The summed E-state index contributed by atoms with van der Waals surface area (Å²) >= 11 is 1.63. The molecule has 2 aromatic carbocycles. The summed E-state index contributed by atoms with van der Waals surface area (Å²) in [5, 5.41) is 13.7. The van der Waals surface area contributed by atoms with Crippen LogP contribution in [0.15, 0.2) is 64.9 Å². The molecular formula is C21H24N4OS. The van der Waals surface area contributed by atoms with Crippen LogP contribution in [0, 0.1) is 6.92 Å². The second kappa shape index (κ2) is 9.92. The van der Waals surface area contributed by atoms with Crippen molar-refractivity contribution in [2.75, 3.05) is 6.61 Å². The first-order valence-corrected chi connectivity index (χ1v) is 10.1. The quantitative estimate of drug-likeness (QED) is 0.300. The highest BCUT2D eigenvalue weighted by Gasteiger charge is 2.08. The molecule has 0 saturated carbocycles. The van der Waals surface area contributed by atoms with Gasteiger partial charge in [-0.25, -0.2) is 0 Å². The van der Waals surface area contributed by atoms with Crippen molar-refractivity contribution in [2.24, 2.45) is 5.10 Å². The van der Waals surface area contributed by atoms with Gasteiger partial charge in [0.15, 0.2) is 5.82 Å². The first kappa shape index (κ1) is 19.2. The topological polar surface area (TPSA) is 52.3 Å². The first-order valence-electron chi connectivity index (χ1n) is 9.12. The zero-order valence-electron chi connectivity index (χ0n) is 15.7. The summed E-state index contributed by atoms with van der Waals surface area (Å²) in [6, 6.07) is 18.3. The van der Waals surface area contributed by atoms with E-state index in [1.807, 2.05) is 55.6 Å². The SMILES string of the molecule is CCCCOc1ccc(/C=N/n2c(C)nnc2SCc2ccccc2)cc1. The lowest BCUT2D eigenvalue weighted by atomic mass is 10.2. The smallest absolute Gasteiger partial charge is 0.212 e. The third-order valence-electron chi connectivity index (χ3n) is 3.95. The lowest BCUT2D eigenvalue weighted by molar-refractivity contribution is 0.309. The Balaban J connectivity index is 1.63. The number of thioether (sulfide) groups is 1. The molecule has 1 heterocycles. The maximum absolute atomic E-state index is 5.69. The van der Waals surface area contributed by atoms with Crippen LogP contribution >= 0.6 is 11.8 Å². The van der Waals surface area contributed by atoms with Crippen LogP contribution in [0.5, 0.6) is 5.75 Å². The molecule has 0 bridgehead atoms. The van der Waals surface area contributed by atoms with Gasteiger partial charge in [-0.15, -0.1) is 10.2 Å². The summed E-state index contributed by atoms with van der Waals surface area (Å²) in [6.45, 7) is 4.82. The molecule has 1 aromatic heterocycles. The molecule has 0 aliphatic carbocycles. The number of hydrogen-bond acceptors (Lipinski definition) is 5. The second-order valence-corrected chi connectivity index (χ2v) is 7.07. The highest BCUT2D eigenvalue weighted by molar-refractivity contribution is 7.98. The second-order valence-electron chi connectivity index (χ2n) is 6.13. The molecule has 0 saturated heterocycles. The highest BCUT2D eigenvalue weighted by atomic mass is 32.2. The summed E-state index contributed by atoms with van der Waals surface area (Å²) in [7, 11) is 0. The van der Waals surface area contributed by atoms with Crippen molar-refractivity contribution in [1.29, 1.82) is 0 Å². The van der Waals surface area contributed by atoms with Crippen LogP contribution in [0.25, 0.3) is 0 Å². The highest BCUT2D eigenvalue weighted by Crippen LogP contribution is 2.21. The van der Waals surface area contributed by atoms with Crippen molar-refractivity contribution in [2.45, 2.75) is 37.6 Å². The predicted molar refractivity (Wildman–Crippen MR) is 111 cm³/mol. The van der Waals surface area contributed by atoms with Crippen molar-refractivity contribution in [1.82, 2.24) is 14.9 Å². The minimum atomic E-state index is 0.756. The van der Waals surface area contributed by atoms with Crippen molar-refractivity contribution in [3.63, 3.8) is 0 Å². The molecule has 0 radical (unpaired) electrons. The molecule has 0 atom stereocenters. The zero-order chi connectivity index (χ0) is 18.9. The van der Waals surface area contributed by atoms with Gasteiger partial charge in [-0.05, 0) is 48.7 Å². The minimum Gasteiger partial charge on any atom is -0.494 e. The van der Waals surface area contributed by atoms with Gasteiger partial charge in [0.25, 0.3) is 0 Å². The van der Waals surface area contributed by atoms with Gasteiger partial charge in [0.2, 0.25) is 5.16 Å². The predicted octanol–water partition coefficient (Wildman–Crippen LogP) is 4.94. The normalized spacial score (nSPS) is 11.2. The van der Waals surface area contributed by atoms with E-state index in [1.54, 1.807) is 16.4 Å². The van der Waals surface area contributed by atoms with E-state index in [0.717, 1.165) is 47.5 Å². The molecular weight excluding hydrogens is 356 g/mol. The Morgan fingerprint density at radius 3 is 2.59 bits per heavy atom. The molecule has 0 fully saturated rings. The fourth-order valence-corrected chi connectivity index (χ4v) is 3.28. The van der Waals surface area contributed by atoms with E-state index >= 15 is 0 Å². The molecule has 140 valence electrons. The van der Waals surface area contributed by atoms with Gasteiger partial charge in [0, 0.05) is 5.75 Å². The Hall–Kier alpha value is -2.60. The van der Waals surface area contributed by atoms with E-state index in [9.17, 15) is 0 Å². The van der Waals surface area contributed by atoms with Gasteiger partial charge in [-0.1, -0.05) is 55.4 Å². The van der Waals surface area contributed by atoms with Crippen LogP contribution in [0.1, 0.15) is 36.7 Å². The van der Waals surface area contributed by atoms with Crippen molar-refractivity contribution in [3.8, 4) is 5.75 Å². The lowest BCUT2D eigenvalue weighted by Crippen LogP contribution is -1.97. The standard InChI is InChI=1S/C21H24N4OS/c1-3-4-14-26-20-12-10-18(11-13-20)15-22-25-17(2)23-24-21(25)27-16-19-8-6-5-7-9-19/h5-13,15H,3-4,14,16H2,1-2H3/b22-15+. The van der Waals surface area contributed by atoms with E-state index in [4.69, 9.17) is 4.74 Å².